The van der Waals surface area contributed by atoms with Gasteiger partial charge in [0.1, 0.15) is 11.6 Å². The van der Waals surface area contributed by atoms with Crippen LogP contribution < -0.4 is 10.2 Å². The molecule has 0 spiro atoms. The van der Waals surface area contributed by atoms with E-state index in [0.717, 1.165) is 16.8 Å². The van der Waals surface area contributed by atoms with Gasteiger partial charge in [0.15, 0.2) is 0 Å². The van der Waals surface area contributed by atoms with Crippen LogP contribution in [0.4, 0.5) is 15.9 Å². The summed E-state index contributed by atoms with van der Waals surface area (Å²) >= 11 is 0. The van der Waals surface area contributed by atoms with Gasteiger partial charge >= 0.3 is 0 Å². The smallest absolute Gasteiger partial charge is 0.225 e. The lowest BCUT2D eigenvalue weighted by Crippen LogP contribution is -2.16. The van der Waals surface area contributed by atoms with Gasteiger partial charge < -0.3 is 10.2 Å². The quantitative estimate of drug-likeness (QED) is 0.694. The number of halogens is 1. The number of hydrogen-bond acceptors (Lipinski definition) is 3. The number of anilines is 2. The van der Waals surface area contributed by atoms with Crippen LogP contribution in [-0.2, 0) is 17.8 Å². The van der Waals surface area contributed by atoms with E-state index in [9.17, 15) is 9.18 Å². The van der Waals surface area contributed by atoms with Gasteiger partial charge in [0.05, 0.1) is 12.7 Å². The second-order valence-corrected chi connectivity index (χ2v) is 6.61. The zero-order chi connectivity index (χ0) is 19.2. The predicted octanol–water partition coefficient (Wildman–Crippen LogP) is 3.71. The average Bonchev–Trinajstić information content (AvgIpc) is 3.08. The minimum Gasteiger partial charge on any atom is -0.378 e. The van der Waals surface area contributed by atoms with Crippen molar-refractivity contribution in [2.24, 2.45) is 0 Å². The van der Waals surface area contributed by atoms with Crippen molar-refractivity contribution in [2.75, 3.05) is 24.3 Å². The molecule has 1 heterocycles. The molecule has 0 aliphatic heterocycles. The zero-order valence-electron chi connectivity index (χ0n) is 15.5. The molecule has 0 atom stereocenters. The first-order valence-corrected chi connectivity index (χ1v) is 8.83. The van der Waals surface area contributed by atoms with Crippen LogP contribution in [0.3, 0.4) is 0 Å². The molecule has 0 saturated heterocycles. The van der Waals surface area contributed by atoms with E-state index in [1.807, 2.05) is 19.0 Å². The summed E-state index contributed by atoms with van der Waals surface area (Å²) in [4.78, 5) is 14.3. The van der Waals surface area contributed by atoms with Crippen molar-refractivity contribution in [3.63, 3.8) is 0 Å². The van der Waals surface area contributed by atoms with Gasteiger partial charge in [-0.1, -0.05) is 24.3 Å². The maximum atomic E-state index is 12.9. The minimum atomic E-state index is -0.272. The maximum absolute atomic E-state index is 12.9. The topological polar surface area (TPSA) is 50.2 Å². The third-order valence-electron chi connectivity index (χ3n) is 4.32. The molecule has 1 aromatic heterocycles. The van der Waals surface area contributed by atoms with Crippen molar-refractivity contribution < 1.29 is 9.18 Å². The molecule has 140 valence electrons. The van der Waals surface area contributed by atoms with Crippen LogP contribution in [-0.4, -0.2) is 29.8 Å². The monoisotopic (exact) mass is 366 g/mol. The highest BCUT2D eigenvalue weighted by atomic mass is 19.1. The van der Waals surface area contributed by atoms with Crippen molar-refractivity contribution in [3.05, 3.63) is 77.7 Å². The molecule has 0 fully saturated rings. The molecule has 3 rings (SSSR count). The van der Waals surface area contributed by atoms with E-state index in [-0.39, 0.29) is 11.7 Å². The van der Waals surface area contributed by atoms with E-state index in [4.69, 9.17) is 0 Å². The zero-order valence-corrected chi connectivity index (χ0v) is 15.5. The molecule has 0 bridgehead atoms. The first kappa shape index (κ1) is 18.6. The summed E-state index contributed by atoms with van der Waals surface area (Å²) in [5, 5.41) is 7.20. The lowest BCUT2D eigenvalue weighted by Gasteiger charge is -2.13. The molecule has 6 heteroatoms. The van der Waals surface area contributed by atoms with Crippen LogP contribution in [0.1, 0.15) is 17.5 Å². The van der Waals surface area contributed by atoms with Crippen molar-refractivity contribution in [2.45, 2.75) is 19.4 Å². The van der Waals surface area contributed by atoms with Crippen LogP contribution in [0.5, 0.6) is 0 Å². The molecular weight excluding hydrogens is 343 g/mol. The van der Waals surface area contributed by atoms with E-state index in [1.54, 1.807) is 29.1 Å². The molecule has 0 unspecified atom stereocenters. The second kappa shape index (κ2) is 8.49. The molecule has 0 radical (unpaired) electrons. The lowest BCUT2D eigenvalue weighted by atomic mass is 10.1. The van der Waals surface area contributed by atoms with Gasteiger partial charge in [-0.25, -0.2) is 9.07 Å². The van der Waals surface area contributed by atoms with Crippen molar-refractivity contribution in [3.8, 4) is 0 Å². The van der Waals surface area contributed by atoms with Crippen LogP contribution in [0.15, 0.2) is 60.8 Å². The highest BCUT2D eigenvalue weighted by Crippen LogP contribution is 2.15. The van der Waals surface area contributed by atoms with Crippen LogP contribution in [0.25, 0.3) is 0 Å². The fourth-order valence-electron chi connectivity index (χ4n) is 2.75. The van der Waals surface area contributed by atoms with Gasteiger partial charge in [0.2, 0.25) is 5.91 Å². The van der Waals surface area contributed by atoms with E-state index < -0.39 is 0 Å². The van der Waals surface area contributed by atoms with Gasteiger partial charge in [0, 0.05) is 32.3 Å². The third-order valence-corrected chi connectivity index (χ3v) is 4.32. The number of carbonyl (C=O) groups excluding carboxylic acids is 1. The minimum absolute atomic E-state index is 0.0935. The Morgan fingerprint density at radius 2 is 1.70 bits per heavy atom. The Morgan fingerprint density at radius 3 is 2.37 bits per heavy atom. The van der Waals surface area contributed by atoms with Crippen molar-refractivity contribution in [1.29, 1.82) is 0 Å². The summed E-state index contributed by atoms with van der Waals surface area (Å²) in [6.07, 6.45) is 2.56. The molecular formula is C21H23FN4O. The Kier molecular flexibility index (Phi) is 5.86. The number of nitrogens with zero attached hydrogens (tertiary/aromatic N) is 3. The summed E-state index contributed by atoms with van der Waals surface area (Å²) in [6, 6.07) is 16.2. The fraction of sp³-hybridized carbons (Fsp3) is 0.238. The number of aryl methyl sites for hydroxylation is 1. The number of aromatic nitrogens is 2. The van der Waals surface area contributed by atoms with Crippen LogP contribution in [0, 0.1) is 5.82 Å². The largest absolute Gasteiger partial charge is 0.378 e. The van der Waals surface area contributed by atoms with Crippen molar-refractivity contribution in [1.82, 2.24) is 9.78 Å². The fourth-order valence-corrected chi connectivity index (χ4v) is 2.75. The number of nitrogens with one attached hydrogen (secondary N) is 1. The third kappa shape index (κ3) is 5.17. The Morgan fingerprint density at radius 1 is 1.04 bits per heavy atom. The van der Waals surface area contributed by atoms with Gasteiger partial charge in [-0.3, -0.25) is 4.79 Å². The molecule has 0 saturated carbocycles. The molecule has 2 aromatic carbocycles. The molecule has 3 aromatic rings. The number of benzene rings is 2. The van der Waals surface area contributed by atoms with E-state index >= 15 is 0 Å². The highest BCUT2D eigenvalue weighted by Gasteiger charge is 2.09. The molecule has 1 amide bonds. The Bertz CT molecular complexity index is 885. The van der Waals surface area contributed by atoms with E-state index in [0.29, 0.717) is 25.2 Å². The number of hydrogen-bond donors (Lipinski definition) is 1. The normalized spacial score (nSPS) is 10.6. The summed E-state index contributed by atoms with van der Waals surface area (Å²) in [5.41, 5.74) is 3.17. The van der Waals surface area contributed by atoms with Crippen LogP contribution >= 0.6 is 0 Å². The molecule has 1 N–H and O–H groups in total. The van der Waals surface area contributed by atoms with E-state index in [1.165, 1.54) is 12.1 Å². The summed E-state index contributed by atoms with van der Waals surface area (Å²) < 4.78 is 14.7. The SMILES string of the molecule is CN(C)c1ccc(Cn2nccc2NC(=O)CCc2ccc(F)cc2)cc1. The first-order chi connectivity index (χ1) is 13.0. The molecule has 0 aliphatic carbocycles. The van der Waals surface area contributed by atoms with Gasteiger partial charge in [-0.05, 0) is 41.8 Å². The first-order valence-electron chi connectivity index (χ1n) is 8.83. The van der Waals surface area contributed by atoms with Crippen molar-refractivity contribution >= 4 is 17.4 Å². The Balaban J connectivity index is 1.57. The standard InChI is InChI=1S/C21H23FN4O/c1-25(2)19-10-5-17(6-11-19)15-26-20(13-14-23-26)24-21(27)12-7-16-3-8-18(22)9-4-16/h3-6,8-11,13-14H,7,12,15H2,1-2H3,(H,24,27). The Hall–Kier alpha value is -3.15. The van der Waals surface area contributed by atoms with Crippen LogP contribution in [0.2, 0.25) is 0 Å². The van der Waals surface area contributed by atoms with Gasteiger partial charge in [-0.15, -0.1) is 0 Å². The number of rotatable bonds is 7. The summed E-state index contributed by atoms with van der Waals surface area (Å²) in [6.45, 7) is 0.578. The van der Waals surface area contributed by atoms with E-state index in [2.05, 4.69) is 34.7 Å². The molecule has 5 nitrogen and oxygen atoms in total. The number of amides is 1. The maximum Gasteiger partial charge on any atom is 0.225 e. The lowest BCUT2D eigenvalue weighted by molar-refractivity contribution is -0.116. The summed E-state index contributed by atoms with van der Waals surface area (Å²) in [7, 11) is 4.00. The molecule has 0 aliphatic rings. The average molecular weight is 366 g/mol. The van der Waals surface area contributed by atoms with Gasteiger partial charge in [0.25, 0.3) is 0 Å². The highest BCUT2D eigenvalue weighted by molar-refractivity contribution is 5.89. The van der Waals surface area contributed by atoms with Gasteiger partial charge in [-0.2, -0.15) is 5.10 Å². The second-order valence-electron chi connectivity index (χ2n) is 6.61. The summed E-state index contributed by atoms with van der Waals surface area (Å²) in [5.74, 6) is 0.297. The Labute approximate surface area is 158 Å². The molecule has 27 heavy (non-hydrogen) atoms. The number of carbonyl (C=O) groups is 1. The predicted molar refractivity (Wildman–Crippen MR) is 105 cm³/mol.